The Bertz CT molecular complexity index is 623. The van der Waals surface area contributed by atoms with Gasteiger partial charge in [-0.2, -0.15) is 0 Å². The molecule has 2 aromatic rings. The van der Waals surface area contributed by atoms with E-state index in [1.54, 1.807) is 12.1 Å². The summed E-state index contributed by atoms with van der Waals surface area (Å²) in [6.45, 7) is 0.346. The number of rotatable bonds is 5. The fraction of sp³-hybridized carbons (Fsp3) is 0.0667. The Balaban J connectivity index is 2.04. The largest absolute Gasteiger partial charge is 0.504 e. The molecule has 0 aliphatic heterocycles. The number of hydrogen-bond acceptors (Lipinski definition) is 4. The molecule has 5 nitrogen and oxygen atoms in total. The molecular formula is C15H13NO4. The summed E-state index contributed by atoms with van der Waals surface area (Å²) in [6.07, 6.45) is 2.12. The second-order valence-electron chi connectivity index (χ2n) is 4.10. The number of phenolic OH excluding ortho intramolecular Hbond substituents is 1. The van der Waals surface area contributed by atoms with Gasteiger partial charge >= 0.3 is 0 Å². The summed E-state index contributed by atoms with van der Waals surface area (Å²) in [4.78, 5) is 9.66. The van der Waals surface area contributed by atoms with Crippen LogP contribution in [0.1, 0.15) is 11.1 Å². The zero-order valence-electron chi connectivity index (χ0n) is 10.6. The molecule has 0 aromatic heterocycles. The lowest BCUT2D eigenvalue weighted by atomic mass is 10.2. The van der Waals surface area contributed by atoms with E-state index in [0.717, 1.165) is 11.8 Å². The Morgan fingerprint density at radius 2 is 1.95 bits per heavy atom. The monoisotopic (exact) mass is 271 g/mol. The molecule has 102 valence electrons. The van der Waals surface area contributed by atoms with E-state index in [1.165, 1.54) is 12.1 Å². The predicted octanol–water partition coefficient (Wildman–Crippen LogP) is 3.22. The molecule has 5 heteroatoms. The molecular weight excluding hydrogens is 258 g/mol. The van der Waals surface area contributed by atoms with Gasteiger partial charge < -0.3 is 9.84 Å². The molecule has 0 unspecified atom stereocenters. The number of nitrogens with zero attached hydrogens (tertiary/aromatic N) is 1. The number of ether oxygens (including phenoxy) is 1. The van der Waals surface area contributed by atoms with Gasteiger partial charge in [-0.1, -0.05) is 36.4 Å². The van der Waals surface area contributed by atoms with Gasteiger partial charge in [-0.05, 0) is 23.3 Å². The highest BCUT2D eigenvalue weighted by Crippen LogP contribution is 2.28. The lowest BCUT2D eigenvalue weighted by Crippen LogP contribution is -1.95. The fourth-order valence-electron chi connectivity index (χ4n) is 1.64. The first-order valence-electron chi connectivity index (χ1n) is 5.96. The summed E-state index contributed by atoms with van der Waals surface area (Å²) in [6, 6.07) is 14.2. The van der Waals surface area contributed by atoms with Crippen LogP contribution in [0.25, 0.3) is 6.08 Å². The highest BCUT2D eigenvalue weighted by Gasteiger charge is 2.03. The predicted molar refractivity (Wildman–Crippen MR) is 74.9 cm³/mol. The first-order valence-corrected chi connectivity index (χ1v) is 5.96. The lowest BCUT2D eigenvalue weighted by molar-refractivity contribution is -0.400. The van der Waals surface area contributed by atoms with Gasteiger partial charge in [0, 0.05) is 6.08 Å². The van der Waals surface area contributed by atoms with Crippen molar-refractivity contribution in [1.29, 1.82) is 0 Å². The molecule has 0 saturated heterocycles. The van der Waals surface area contributed by atoms with Crippen molar-refractivity contribution in [1.82, 2.24) is 0 Å². The Kier molecular flexibility index (Phi) is 4.34. The molecule has 0 atom stereocenters. The van der Waals surface area contributed by atoms with Crippen molar-refractivity contribution in [2.45, 2.75) is 6.61 Å². The zero-order valence-corrected chi connectivity index (χ0v) is 10.6. The SMILES string of the molecule is O=[N+]([O-])/C=C/c1ccc(OCc2ccccc2)c(O)c1. The number of nitro groups is 1. The van der Waals surface area contributed by atoms with Crippen molar-refractivity contribution >= 4 is 6.08 Å². The molecule has 0 radical (unpaired) electrons. The molecule has 0 aliphatic rings. The number of hydrogen-bond donors (Lipinski definition) is 1. The molecule has 2 aromatic carbocycles. The van der Waals surface area contributed by atoms with Gasteiger partial charge in [0.05, 0.1) is 4.92 Å². The van der Waals surface area contributed by atoms with Gasteiger partial charge in [-0.25, -0.2) is 0 Å². The van der Waals surface area contributed by atoms with Crippen LogP contribution in [0, 0.1) is 10.1 Å². The topological polar surface area (TPSA) is 72.6 Å². The van der Waals surface area contributed by atoms with Gasteiger partial charge in [0.2, 0.25) is 6.20 Å². The number of aromatic hydroxyl groups is 1. The van der Waals surface area contributed by atoms with E-state index in [4.69, 9.17) is 4.74 Å². The smallest absolute Gasteiger partial charge is 0.235 e. The summed E-state index contributed by atoms with van der Waals surface area (Å²) in [5.41, 5.74) is 1.52. The molecule has 0 aliphatic carbocycles. The molecule has 0 bridgehead atoms. The standard InChI is InChI=1S/C15H13NO4/c17-14-10-12(8-9-16(18)19)6-7-15(14)20-11-13-4-2-1-3-5-13/h1-10,17H,11H2/b9-8+. The maximum Gasteiger partial charge on any atom is 0.235 e. The summed E-state index contributed by atoms with van der Waals surface area (Å²) in [7, 11) is 0. The van der Waals surface area contributed by atoms with Crippen molar-refractivity contribution in [2.24, 2.45) is 0 Å². The quantitative estimate of drug-likeness (QED) is 0.669. The lowest BCUT2D eigenvalue weighted by Gasteiger charge is -2.08. The van der Waals surface area contributed by atoms with Gasteiger partial charge in [0.15, 0.2) is 11.5 Å². The Morgan fingerprint density at radius 3 is 2.60 bits per heavy atom. The average Bonchev–Trinajstić information content (AvgIpc) is 2.45. The summed E-state index contributed by atoms with van der Waals surface area (Å²) in [5, 5.41) is 20.0. The van der Waals surface area contributed by atoms with E-state index in [0.29, 0.717) is 17.9 Å². The molecule has 0 heterocycles. The van der Waals surface area contributed by atoms with Crippen LogP contribution in [0.4, 0.5) is 0 Å². The van der Waals surface area contributed by atoms with Crippen molar-refractivity contribution in [3.8, 4) is 11.5 Å². The van der Waals surface area contributed by atoms with Crippen molar-refractivity contribution in [3.63, 3.8) is 0 Å². The van der Waals surface area contributed by atoms with E-state index in [1.807, 2.05) is 30.3 Å². The van der Waals surface area contributed by atoms with E-state index >= 15 is 0 Å². The highest BCUT2D eigenvalue weighted by atomic mass is 16.6. The maximum atomic E-state index is 10.2. The summed E-state index contributed by atoms with van der Waals surface area (Å²) in [5.74, 6) is 0.290. The molecule has 20 heavy (non-hydrogen) atoms. The molecule has 0 spiro atoms. The fourth-order valence-corrected chi connectivity index (χ4v) is 1.64. The highest BCUT2D eigenvalue weighted by molar-refractivity contribution is 5.54. The second-order valence-corrected chi connectivity index (χ2v) is 4.10. The third kappa shape index (κ3) is 3.84. The maximum absolute atomic E-state index is 10.2. The van der Waals surface area contributed by atoms with Crippen molar-refractivity contribution in [2.75, 3.05) is 0 Å². The molecule has 0 fully saturated rings. The van der Waals surface area contributed by atoms with Crippen LogP contribution < -0.4 is 4.74 Å². The van der Waals surface area contributed by atoms with Crippen LogP contribution in [0.15, 0.2) is 54.7 Å². The minimum Gasteiger partial charge on any atom is -0.504 e. The number of phenols is 1. The van der Waals surface area contributed by atoms with Gasteiger partial charge in [0.25, 0.3) is 0 Å². The van der Waals surface area contributed by atoms with E-state index in [9.17, 15) is 15.2 Å². The van der Waals surface area contributed by atoms with Crippen LogP contribution in [-0.2, 0) is 6.61 Å². The Hall–Kier alpha value is -2.82. The van der Waals surface area contributed by atoms with Crippen LogP contribution in [0.3, 0.4) is 0 Å². The number of benzene rings is 2. The Labute approximate surface area is 115 Å². The summed E-state index contributed by atoms with van der Waals surface area (Å²) < 4.78 is 5.50. The van der Waals surface area contributed by atoms with Crippen LogP contribution in [-0.4, -0.2) is 10.0 Å². The normalized spacial score (nSPS) is 10.6. The zero-order chi connectivity index (χ0) is 14.4. The van der Waals surface area contributed by atoms with Crippen LogP contribution >= 0.6 is 0 Å². The second kappa shape index (κ2) is 6.38. The van der Waals surface area contributed by atoms with Gasteiger partial charge in [0.1, 0.15) is 6.61 Å². The molecule has 1 N–H and O–H groups in total. The third-order valence-electron chi connectivity index (χ3n) is 2.61. The van der Waals surface area contributed by atoms with Gasteiger partial charge in [-0.3, -0.25) is 10.1 Å². The van der Waals surface area contributed by atoms with E-state index < -0.39 is 4.92 Å². The van der Waals surface area contributed by atoms with Crippen LogP contribution in [0.2, 0.25) is 0 Å². The molecule has 2 rings (SSSR count). The summed E-state index contributed by atoms with van der Waals surface area (Å²) >= 11 is 0. The Morgan fingerprint density at radius 1 is 1.20 bits per heavy atom. The van der Waals surface area contributed by atoms with E-state index in [-0.39, 0.29) is 5.75 Å². The first kappa shape index (κ1) is 13.6. The molecule has 0 amide bonds. The van der Waals surface area contributed by atoms with Crippen molar-refractivity contribution < 1.29 is 14.8 Å². The van der Waals surface area contributed by atoms with Gasteiger partial charge in [-0.15, -0.1) is 0 Å². The van der Waals surface area contributed by atoms with E-state index in [2.05, 4.69) is 0 Å². The average molecular weight is 271 g/mol. The van der Waals surface area contributed by atoms with Crippen LogP contribution in [0.5, 0.6) is 11.5 Å². The first-order chi connectivity index (χ1) is 9.65. The minimum atomic E-state index is -0.559. The van der Waals surface area contributed by atoms with Crippen molar-refractivity contribution in [3.05, 3.63) is 76.0 Å². The minimum absolute atomic E-state index is 0.0496. The molecule has 0 saturated carbocycles. The third-order valence-corrected chi connectivity index (χ3v) is 2.61.